The van der Waals surface area contributed by atoms with Gasteiger partial charge in [-0.2, -0.15) is 9.97 Å². The van der Waals surface area contributed by atoms with E-state index in [4.69, 9.17) is 42.5 Å². The lowest BCUT2D eigenvalue weighted by atomic mass is 9.97. The first-order valence-electron chi connectivity index (χ1n) is 14.3. The topological polar surface area (TPSA) is 159 Å². The Kier molecular flexibility index (Phi) is 9.51. The fourth-order valence-electron chi connectivity index (χ4n) is 5.00. The van der Waals surface area contributed by atoms with Gasteiger partial charge in [0.15, 0.2) is 23.2 Å². The van der Waals surface area contributed by atoms with Crippen molar-refractivity contribution in [2.75, 3.05) is 31.3 Å². The van der Waals surface area contributed by atoms with Crippen LogP contribution in [0.1, 0.15) is 27.0 Å². The van der Waals surface area contributed by atoms with E-state index in [1.54, 1.807) is 51.9 Å². The zero-order valence-electron chi connectivity index (χ0n) is 25.8. The summed E-state index contributed by atoms with van der Waals surface area (Å²) in [5.41, 5.74) is 3.66. The first kappa shape index (κ1) is 33.5. The number of anilines is 2. The van der Waals surface area contributed by atoms with E-state index < -0.39 is 49.4 Å². The van der Waals surface area contributed by atoms with Gasteiger partial charge in [-0.05, 0) is 44.0 Å². The summed E-state index contributed by atoms with van der Waals surface area (Å²) in [5.74, 6) is 2.18. The Balaban J connectivity index is 1.45. The number of hydrogen-bond acceptors (Lipinski definition) is 12. The van der Waals surface area contributed by atoms with Crippen LogP contribution in [0.4, 0.5) is 16.2 Å². The van der Waals surface area contributed by atoms with Crippen molar-refractivity contribution in [3.05, 3.63) is 48.8 Å². The molecule has 4 N–H and O–H groups in total. The molecule has 0 bridgehead atoms. The number of carbonyl (C=O) groups is 1. The van der Waals surface area contributed by atoms with Gasteiger partial charge in [-0.3, -0.25) is 9.36 Å². The van der Waals surface area contributed by atoms with Crippen LogP contribution < -0.4 is 20.2 Å². The van der Waals surface area contributed by atoms with Crippen LogP contribution in [-0.4, -0.2) is 81.3 Å². The van der Waals surface area contributed by atoms with Gasteiger partial charge in [0.25, 0.3) is 0 Å². The fourth-order valence-corrected chi connectivity index (χ4v) is 7.42. The number of nitrogens with two attached hydrogens (primary N) is 1. The van der Waals surface area contributed by atoms with Crippen LogP contribution in [0, 0.1) is 12.3 Å². The number of nitrogens with one attached hydrogen (secondary N) is 1. The molecular weight excluding hydrogens is 636 g/mol. The summed E-state index contributed by atoms with van der Waals surface area (Å²) in [5, 5.41) is 15.8. The molecular formula is C30H35FN7O6PS. The molecule has 0 amide bonds. The lowest BCUT2D eigenvalue weighted by Crippen LogP contribution is -2.42. The van der Waals surface area contributed by atoms with E-state index in [2.05, 4.69) is 20.0 Å². The zero-order chi connectivity index (χ0) is 33.4. The predicted molar refractivity (Wildman–Crippen MR) is 175 cm³/mol. The summed E-state index contributed by atoms with van der Waals surface area (Å²) < 4.78 is 41.4. The third-order valence-electron chi connectivity index (χ3n) is 7.20. The Morgan fingerprint density at radius 1 is 1.28 bits per heavy atom. The van der Waals surface area contributed by atoms with E-state index in [9.17, 15) is 9.90 Å². The van der Waals surface area contributed by atoms with Crippen molar-refractivity contribution in [3.63, 3.8) is 0 Å². The molecule has 0 saturated carbocycles. The van der Waals surface area contributed by atoms with Crippen LogP contribution in [0.5, 0.6) is 5.75 Å². The molecule has 5 rings (SSSR count). The minimum atomic E-state index is -3.62. The molecule has 2 aromatic carbocycles. The lowest BCUT2D eigenvalue weighted by molar-refractivity contribution is -0.149. The number of aliphatic hydroxyl groups excluding tert-OH is 1. The SMILES string of the molecule is C#C[C@@]1(F)[C@H](O)[C@@H](CO[P@@](=S)(N[C@@H](C)C(=O)OC(C)C)Oc2cccc3ccccc23)O[C@H]1n1cnc2c(N(C)C)nc(N)nc21. The highest BCUT2D eigenvalue weighted by Crippen LogP contribution is 2.49. The molecule has 46 heavy (non-hydrogen) atoms. The van der Waals surface area contributed by atoms with E-state index in [1.165, 1.54) is 10.9 Å². The van der Waals surface area contributed by atoms with E-state index in [1.807, 2.05) is 36.3 Å². The highest BCUT2D eigenvalue weighted by Gasteiger charge is 2.58. The average Bonchev–Trinajstić information content (AvgIpc) is 3.53. The number of imidazole rings is 1. The normalized spacial score (nSPS) is 23.2. The minimum absolute atomic E-state index is 0.0796. The number of aromatic nitrogens is 4. The number of fused-ring (bicyclic) bond motifs is 2. The van der Waals surface area contributed by atoms with Crippen LogP contribution in [0.3, 0.4) is 0 Å². The van der Waals surface area contributed by atoms with Gasteiger partial charge in [0.1, 0.15) is 24.0 Å². The first-order valence-corrected chi connectivity index (χ1v) is 17.0. The Labute approximate surface area is 270 Å². The number of aliphatic hydroxyl groups is 1. The predicted octanol–water partition coefficient (Wildman–Crippen LogP) is 3.48. The van der Waals surface area contributed by atoms with Crippen LogP contribution >= 0.6 is 6.64 Å². The van der Waals surface area contributed by atoms with Crippen molar-refractivity contribution in [1.29, 1.82) is 0 Å². The van der Waals surface area contributed by atoms with Gasteiger partial charge < -0.3 is 34.3 Å². The van der Waals surface area contributed by atoms with Gasteiger partial charge in [-0.25, -0.2) is 14.5 Å². The number of ether oxygens (including phenoxy) is 2. The number of alkyl halides is 1. The average molecular weight is 672 g/mol. The van der Waals surface area contributed by atoms with Gasteiger partial charge in [-0.1, -0.05) is 42.3 Å². The molecule has 3 heterocycles. The monoisotopic (exact) mass is 671 g/mol. The molecule has 2 aromatic heterocycles. The number of benzene rings is 2. The van der Waals surface area contributed by atoms with Crippen molar-refractivity contribution < 1.29 is 32.8 Å². The number of carbonyl (C=O) groups excluding carboxylic acids is 1. The minimum Gasteiger partial charge on any atom is -0.462 e. The number of esters is 1. The second kappa shape index (κ2) is 13.1. The molecule has 0 radical (unpaired) electrons. The molecule has 1 fully saturated rings. The van der Waals surface area contributed by atoms with Crippen molar-refractivity contribution >= 4 is 58.1 Å². The second-order valence-electron chi connectivity index (χ2n) is 11.2. The van der Waals surface area contributed by atoms with Crippen molar-refractivity contribution in [2.24, 2.45) is 0 Å². The molecule has 13 nitrogen and oxygen atoms in total. The summed E-state index contributed by atoms with van der Waals surface area (Å²) in [6, 6.07) is 12.0. The fraction of sp³-hybridized carbons (Fsp3) is 0.400. The summed E-state index contributed by atoms with van der Waals surface area (Å²) >= 11 is 5.87. The number of terminal acetylenes is 1. The molecule has 4 aromatic rings. The third kappa shape index (κ3) is 6.50. The van der Waals surface area contributed by atoms with Gasteiger partial charge in [-0.15, -0.1) is 6.42 Å². The van der Waals surface area contributed by atoms with E-state index in [0.717, 1.165) is 10.8 Å². The molecule has 0 aliphatic carbocycles. The molecule has 0 unspecified atom stereocenters. The number of nitrogen functional groups attached to an aromatic ring is 1. The van der Waals surface area contributed by atoms with Crippen molar-refractivity contribution in [3.8, 4) is 18.1 Å². The quantitative estimate of drug-likeness (QED) is 0.121. The highest BCUT2D eigenvalue weighted by molar-refractivity contribution is 8.09. The van der Waals surface area contributed by atoms with Crippen LogP contribution in [0.2, 0.25) is 0 Å². The molecule has 1 saturated heterocycles. The molecule has 0 spiro atoms. The highest BCUT2D eigenvalue weighted by atomic mass is 32.5. The second-order valence-corrected chi connectivity index (χ2v) is 14.3. The van der Waals surface area contributed by atoms with E-state index >= 15 is 4.39 Å². The number of nitrogens with zero attached hydrogens (tertiary/aromatic N) is 5. The Morgan fingerprint density at radius 3 is 2.70 bits per heavy atom. The molecule has 244 valence electrons. The number of halogens is 1. The zero-order valence-corrected chi connectivity index (χ0v) is 27.5. The first-order chi connectivity index (χ1) is 21.8. The summed E-state index contributed by atoms with van der Waals surface area (Å²) in [6.07, 6.45) is 1.80. The van der Waals surface area contributed by atoms with Crippen molar-refractivity contribution in [1.82, 2.24) is 24.6 Å². The Bertz CT molecular complexity index is 1850. The third-order valence-corrected chi connectivity index (χ3v) is 9.68. The van der Waals surface area contributed by atoms with Crippen LogP contribution in [0.15, 0.2) is 48.8 Å². The van der Waals surface area contributed by atoms with Gasteiger partial charge >= 0.3 is 12.6 Å². The maximum atomic E-state index is 16.5. The maximum absolute atomic E-state index is 16.5. The van der Waals surface area contributed by atoms with Gasteiger partial charge in [0, 0.05) is 19.5 Å². The number of rotatable bonds is 11. The smallest absolute Gasteiger partial charge is 0.323 e. The Hall–Kier alpha value is -3.90. The number of hydrogen-bond donors (Lipinski definition) is 3. The van der Waals surface area contributed by atoms with Gasteiger partial charge in [0.05, 0.1) is 19.0 Å². The van der Waals surface area contributed by atoms with E-state index in [0.29, 0.717) is 17.1 Å². The van der Waals surface area contributed by atoms with Crippen LogP contribution in [-0.2, 0) is 30.6 Å². The van der Waals surface area contributed by atoms with Crippen LogP contribution in [0.25, 0.3) is 21.9 Å². The molecule has 6 atom stereocenters. The van der Waals surface area contributed by atoms with E-state index in [-0.39, 0.29) is 17.7 Å². The summed E-state index contributed by atoms with van der Waals surface area (Å²) in [6.45, 7) is 0.925. The maximum Gasteiger partial charge on any atom is 0.323 e. The molecule has 16 heteroatoms. The molecule has 1 aliphatic heterocycles. The Morgan fingerprint density at radius 2 is 2.00 bits per heavy atom. The van der Waals surface area contributed by atoms with Gasteiger partial charge in [0.2, 0.25) is 11.6 Å². The molecule has 1 aliphatic rings. The largest absolute Gasteiger partial charge is 0.462 e. The summed E-state index contributed by atoms with van der Waals surface area (Å²) in [7, 11) is 3.48. The standard InChI is InChI=1S/C30H35FN7O6PS/c1-7-30(31)24(39)22(43-28(30)38-16-33-23-25(37(5)6)34-29(32)35-26(23)38)15-41-45(46,36-18(4)27(40)42-17(2)3)44-21-14-10-12-19-11-8-9-13-20(19)21/h1,8-14,16-18,22,24,28,39H,15H2,2-6H3,(H,36,46)(H2,32,34,35)/t18-,22+,24+,28+,30+,45-/m0/s1. The summed E-state index contributed by atoms with van der Waals surface area (Å²) in [4.78, 5) is 27.1. The van der Waals surface area contributed by atoms with Crippen molar-refractivity contribution in [2.45, 2.75) is 57.0 Å². The lowest BCUT2D eigenvalue weighted by Gasteiger charge is -2.28.